The molecule has 0 atom stereocenters. The van der Waals surface area contributed by atoms with Crippen LogP contribution in [0.15, 0.2) is 17.0 Å². The smallest absolute Gasteiger partial charge is 0.396 e. The van der Waals surface area contributed by atoms with E-state index >= 15 is 0 Å². The van der Waals surface area contributed by atoms with Gasteiger partial charge in [-0.25, -0.2) is 4.39 Å². The molecule has 0 aromatic heterocycles. The Hall–Kier alpha value is -0.910. The summed E-state index contributed by atoms with van der Waals surface area (Å²) in [5.74, 6) is -0.905. The third-order valence-electron chi connectivity index (χ3n) is 1.42. The molecule has 0 aliphatic carbocycles. The van der Waals surface area contributed by atoms with Gasteiger partial charge in [-0.05, 0) is 12.1 Å². The van der Waals surface area contributed by atoms with E-state index in [1.807, 2.05) is 0 Å². The summed E-state index contributed by atoms with van der Waals surface area (Å²) in [5.41, 5.74) is 3.41. The van der Waals surface area contributed by atoms with Crippen LogP contribution in [-0.4, -0.2) is 0 Å². The van der Waals surface area contributed by atoms with Crippen LogP contribution in [-0.2, 0) is 6.18 Å². The highest BCUT2D eigenvalue weighted by Gasteiger charge is 2.33. The Morgan fingerprint density at radius 2 is 1.77 bits per heavy atom. The molecule has 0 spiro atoms. The van der Waals surface area contributed by atoms with Crippen molar-refractivity contribution in [3.05, 3.63) is 23.5 Å². The summed E-state index contributed by atoms with van der Waals surface area (Å²) >= 11 is 3.49. The van der Waals surface area contributed by atoms with Crippen molar-refractivity contribution in [2.45, 2.75) is 11.1 Å². The predicted molar refractivity (Wildman–Crippen MR) is 43.1 cm³/mol. The highest BCUT2D eigenvalue weighted by molar-refractivity contribution is 7.80. The van der Waals surface area contributed by atoms with Gasteiger partial charge in [-0.15, -0.1) is 12.6 Å². The van der Waals surface area contributed by atoms with Crippen LogP contribution < -0.4 is 5.73 Å². The van der Waals surface area contributed by atoms with Crippen LogP contribution in [0.2, 0.25) is 0 Å². The lowest BCUT2D eigenvalue weighted by atomic mass is 10.2. The van der Waals surface area contributed by atoms with Gasteiger partial charge in [0, 0.05) is 4.90 Å². The van der Waals surface area contributed by atoms with Gasteiger partial charge in [-0.3, -0.25) is 0 Å². The van der Waals surface area contributed by atoms with Crippen LogP contribution in [0, 0.1) is 5.82 Å². The Kier molecular flexibility index (Phi) is 2.42. The number of thiol groups is 1. The molecule has 0 aliphatic rings. The molecular weight excluding hydrogens is 206 g/mol. The quantitative estimate of drug-likeness (QED) is 0.385. The van der Waals surface area contributed by atoms with E-state index in [-0.39, 0.29) is 0 Å². The molecule has 13 heavy (non-hydrogen) atoms. The molecule has 1 rings (SSSR count). The second-order valence-corrected chi connectivity index (χ2v) is 2.87. The maximum Gasteiger partial charge on any atom is 0.417 e. The first kappa shape index (κ1) is 10.2. The minimum atomic E-state index is -4.56. The molecule has 0 aliphatic heterocycles. The van der Waals surface area contributed by atoms with Crippen LogP contribution in [0.1, 0.15) is 5.56 Å². The summed E-state index contributed by atoms with van der Waals surface area (Å²) in [6.45, 7) is 0. The van der Waals surface area contributed by atoms with Gasteiger partial charge in [-0.1, -0.05) is 0 Å². The summed E-state index contributed by atoms with van der Waals surface area (Å²) in [5, 5.41) is 0. The topological polar surface area (TPSA) is 26.0 Å². The fourth-order valence-electron chi connectivity index (χ4n) is 0.807. The Balaban J connectivity index is 3.32. The van der Waals surface area contributed by atoms with Crippen LogP contribution in [0.25, 0.3) is 0 Å². The highest BCUT2D eigenvalue weighted by atomic mass is 32.1. The number of hydrogen-bond donors (Lipinski definition) is 2. The van der Waals surface area contributed by atoms with Gasteiger partial charge in [0.15, 0.2) is 0 Å². The number of hydrogen-bond acceptors (Lipinski definition) is 2. The normalized spacial score (nSPS) is 11.8. The number of halogens is 4. The monoisotopic (exact) mass is 211 g/mol. The number of alkyl halides is 3. The maximum atomic E-state index is 12.6. The summed E-state index contributed by atoms with van der Waals surface area (Å²) in [7, 11) is 0. The van der Waals surface area contributed by atoms with Crippen molar-refractivity contribution in [3.63, 3.8) is 0 Å². The van der Waals surface area contributed by atoms with Crippen molar-refractivity contribution < 1.29 is 17.6 Å². The SMILES string of the molecule is Nc1cc(C(F)(F)F)c(S)cc1F. The van der Waals surface area contributed by atoms with Crippen molar-refractivity contribution in [2.75, 3.05) is 5.73 Å². The van der Waals surface area contributed by atoms with Gasteiger partial charge < -0.3 is 5.73 Å². The molecule has 1 nitrogen and oxygen atoms in total. The van der Waals surface area contributed by atoms with E-state index in [1.54, 1.807) is 0 Å². The molecule has 0 saturated heterocycles. The first-order valence-electron chi connectivity index (χ1n) is 3.17. The third-order valence-corrected chi connectivity index (χ3v) is 1.79. The summed E-state index contributed by atoms with van der Waals surface area (Å²) in [6.07, 6.45) is -4.56. The first-order valence-corrected chi connectivity index (χ1v) is 3.62. The van der Waals surface area contributed by atoms with Crippen molar-refractivity contribution in [1.29, 1.82) is 0 Å². The van der Waals surface area contributed by atoms with E-state index < -0.39 is 28.1 Å². The maximum absolute atomic E-state index is 12.6. The van der Waals surface area contributed by atoms with Crippen molar-refractivity contribution in [1.82, 2.24) is 0 Å². The Bertz CT molecular complexity index is 334. The van der Waals surface area contributed by atoms with Crippen molar-refractivity contribution in [2.24, 2.45) is 0 Å². The number of nitrogens with two attached hydrogens (primary N) is 1. The van der Waals surface area contributed by atoms with Crippen LogP contribution in [0.5, 0.6) is 0 Å². The summed E-state index contributed by atoms with van der Waals surface area (Å²) in [4.78, 5) is -0.473. The zero-order chi connectivity index (χ0) is 10.2. The molecule has 0 bridgehead atoms. The van der Waals surface area contributed by atoms with Crippen molar-refractivity contribution >= 4 is 18.3 Å². The molecule has 6 heteroatoms. The van der Waals surface area contributed by atoms with Crippen molar-refractivity contribution in [3.8, 4) is 0 Å². The first-order chi connectivity index (χ1) is 5.82. The van der Waals surface area contributed by atoms with Gasteiger partial charge in [0.05, 0.1) is 11.3 Å². The second-order valence-electron chi connectivity index (χ2n) is 2.39. The van der Waals surface area contributed by atoms with E-state index in [4.69, 9.17) is 5.73 Å². The highest BCUT2D eigenvalue weighted by Crippen LogP contribution is 2.35. The van der Waals surface area contributed by atoms with Crippen LogP contribution in [0.3, 0.4) is 0 Å². The zero-order valence-electron chi connectivity index (χ0n) is 6.19. The number of nitrogen functional groups attached to an aromatic ring is 1. The van der Waals surface area contributed by atoms with E-state index in [0.717, 1.165) is 0 Å². The molecule has 0 amide bonds. The number of anilines is 1. The van der Waals surface area contributed by atoms with E-state index in [0.29, 0.717) is 12.1 Å². The molecule has 0 heterocycles. The third kappa shape index (κ3) is 2.06. The van der Waals surface area contributed by atoms with Gasteiger partial charge in [-0.2, -0.15) is 13.2 Å². The van der Waals surface area contributed by atoms with Crippen LogP contribution >= 0.6 is 12.6 Å². The molecule has 0 radical (unpaired) electrons. The molecule has 0 unspecified atom stereocenters. The molecular formula is C7H5F4NS. The van der Waals surface area contributed by atoms with E-state index in [9.17, 15) is 17.6 Å². The van der Waals surface area contributed by atoms with Gasteiger partial charge >= 0.3 is 6.18 Å². The number of benzene rings is 1. The molecule has 1 aromatic rings. The molecule has 1 aromatic carbocycles. The minimum absolute atomic E-state index is 0.473. The molecule has 2 N–H and O–H groups in total. The van der Waals surface area contributed by atoms with E-state index in [1.165, 1.54) is 0 Å². The fourth-order valence-corrected chi connectivity index (χ4v) is 1.11. The molecule has 72 valence electrons. The van der Waals surface area contributed by atoms with Gasteiger partial charge in [0.25, 0.3) is 0 Å². The Labute approximate surface area is 77.0 Å². The standard InChI is InChI=1S/C7H5F4NS/c8-4-2-6(13)3(1-5(4)12)7(9,10)11/h1-2,13H,12H2. The fraction of sp³-hybridized carbons (Fsp3) is 0.143. The average molecular weight is 211 g/mol. The molecule has 0 saturated carbocycles. The van der Waals surface area contributed by atoms with Crippen LogP contribution in [0.4, 0.5) is 23.2 Å². The lowest BCUT2D eigenvalue weighted by Crippen LogP contribution is -2.08. The summed E-state index contributed by atoms with van der Waals surface area (Å²) in [6, 6.07) is 1.17. The number of rotatable bonds is 0. The lowest BCUT2D eigenvalue weighted by Gasteiger charge is -2.10. The largest absolute Gasteiger partial charge is 0.417 e. The minimum Gasteiger partial charge on any atom is -0.396 e. The van der Waals surface area contributed by atoms with E-state index in [2.05, 4.69) is 12.6 Å². The van der Waals surface area contributed by atoms with Gasteiger partial charge in [0.1, 0.15) is 5.82 Å². The Morgan fingerprint density at radius 3 is 2.23 bits per heavy atom. The Morgan fingerprint density at radius 1 is 1.23 bits per heavy atom. The summed E-state index contributed by atoms with van der Waals surface area (Å²) < 4.78 is 49.0. The molecule has 0 fully saturated rings. The van der Waals surface area contributed by atoms with Gasteiger partial charge in [0.2, 0.25) is 0 Å². The predicted octanol–water partition coefficient (Wildman–Crippen LogP) is 2.72. The average Bonchev–Trinajstić information content (AvgIpc) is 1.94. The lowest BCUT2D eigenvalue weighted by molar-refractivity contribution is -0.139. The zero-order valence-corrected chi connectivity index (χ0v) is 7.09. The second kappa shape index (κ2) is 3.10.